The van der Waals surface area contributed by atoms with Gasteiger partial charge in [-0.3, -0.25) is 14.5 Å². The predicted molar refractivity (Wildman–Crippen MR) is 103 cm³/mol. The number of hydrogen-bond acceptors (Lipinski definition) is 6. The number of carbonyl (C=O) groups excluding carboxylic acids is 3. The first-order chi connectivity index (χ1) is 13.1. The van der Waals surface area contributed by atoms with Crippen LogP contribution in [0.4, 0.5) is 4.79 Å². The second-order valence-electron chi connectivity index (χ2n) is 6.77. The van der Waals surface area contributed by atoms with Gasteiger partial charge in [0, 0.05) is 5.02 Å². The quantitative estimate of drug-likeness (QED) is 0.365. The number of halogens is 1. The van der Waals surface area contributed by atoms with Gasteiger partial charge in [0.15, 0.2) is 0 Å². The Bertz CT molecular complexity index is 663. The van der Waals surface area contributed by atoms with Gasteiger partial charge in [0.25, 0.3) is 0 Å². The number of rotatable bonds is 9. The summed E-state index contributed by atoms with van der Waals surface area (Å²) in [6, 6.07) is 5.19. The molecule has 0 radical (unpaired) electrons. The Labute approximate surface area is 169 Å². The molecule has 9 heteroatoms. The molecule has 2 amide bonds. The standard InChI is InChI=1S/C19H27ClN2O6/c1-11(2)17(22-19(25)28-27-12(3)4)18(24)21-15(10-16(23)26-5)13-6-8-14(20)9-7-13/h6-9,11-12,15,17H,10H2,1-5H3,(H,21,24)(H,22,25)/t15?,17-/m0/s1. The highest BCUT2D eigenvalue weighted by Crippen LogP contribution is 2.20. The second-order valence-corrected chi connectivity index (χ2v) is 7.21. The predicted octanol–water partition coefficient (Wildman–Crippen LogP) is 3.15. The second kappa shape index (κ2) is 11.5. The fourth-order valence-electron chi connectivity index (χ4n) is 2.28. The first-order valence-corrected chi connectivity index (χ1v) is 9.28. The molecule has 0 aromatic heterocycles. The van der Waals surface area contributed by atoms with Crippen molar-refractivity contribution in [2.45, 2.75) is 52.3 Å². The summed E-state index contributed by atoms with van der Waals surface area (Å²) in [6.45, 7) is 6.93. The van der Waals surface area contributed by atoms with Gasteiger partial charge in [0.1, 0.15) is 6.04 Å². The Morgan fingerprint density at radius 2 is 1.64 bits per heavy atom. The Hall–Kier alpha value is -2.32. The minimum absolute atomic E-state index is 0.0738. The number of nitrogens with one attached hydrogen (secondary N) is 2. The average molecular weight is 415 g/mol. The number of carbonyl (C=O) groups is 3. The van der Waals surface area contributed by atoms with E-state index in [1.807, 2.05) is 0 Å². The molecular weight excluding hydrogens is 388 g/mol. The van der Waals surface area contributed by atoms with Crippen LogP contribution in [0.2, 0.25) is 5.02 Å². The van der Waals surface area contributed by atoms with E-state index in [2.05, 4.69) is 15.5 Å². The molecular formula is C19H27ClN2O6. The number of ether oxygens (including phenoxy) is 1. The van der Waals surface area contributed by atoms with Gasteiger partial charge in [-0.2, -0.15) is 4.89 Å². The third-order valence-corrected chi connectivity index (χ3v) is 3.98. The van der Waals surface area contributed by atoms with Gasteiger partial charge in [-0.15, -0.1) is 0 Å². The van der Waals surface area contributed by atoms with Gasteiger partial charge in [0.2, 0.25) is 5.91 Å². The van der Waals surface area contributed by atoms with Crippen LogP contribution in [0.25, 0.3) is 0 Å². The Kier molecular flexibility index (Phi) is 9.75. The molecule has 0 aliphatic heterocycles. The number of benzene rings is 1. The molecule has 2 N–H and O–H groups in total. The number of methoxy groups -OCH3 is 1. The number of hydrogen-bond donors (Lipinski definition) is 2. The van der Waals surface area contributed by atoms with Crippen LogP contribution in [0.3, 0.4) is 0 Å². The molecule has 156 valence electrons. The lowest BCUT2D eigenvalue weighted by Crippen LogP contribution is -2.50. The third kappa shape index (κ3) is 8.14. The van der Waals surface area contributed by atoms with E-state index in [1.54, 1.807) is 52.0 Å². The monoisotopic (exact) mass is 414 g/mol. The molecule has 28 heavy (non-hydrogen) atoms. The van der Waals surface area contributed by atoms with Crippen LogP contribution in [0.5, 0.6) is 0 Å². The Morgan fingerprint density at radius 3 is 2.14 bits per heavy atom. The van der Waals surface area contributed by atoms with E-state index >= 15 is 0 Å². The van der Waals surface area contributed by atoms with Crippen molar-refractivity contribution in [1.82, 2.24) is 10.6 Å². The highest BCUT2D eigenvalue weighted by molar-refractivity contribution is 6.30. The minimum Gasteiger partial charge on any atom is -0.469 e. The Morgan fingerprint density at radius 1 is 1.04 bits per heavy atom. The van der Waals surface area contributed by atoms with Gasteiger partial charge in [-0.25, -0.2) is 4.79 Å². The fraction of sp³-hybridized carbons (Fsp3) is 0.526. The van der Waals surface area contributed by atoms with Crippen LogP contribution < -0.4 is 10.6 Å². The molecule has 0 spiro atoms. The summed E-state index contributed by atoms with van der Waals surface area (Å²) in [6.07, 6.45) is -1.26. The summed E-state index contributed by atoms with van der Waals surface area (Å²) in [7, 11) is 1.27. The number of amides is 2. The zero-order valence-electron chi connectivity index (χ0n) is 16.7. The summed E-state index contributed by atoms with van der Waals surface area (Å²) >= 11 is 5.90. The lowest BCUT2D eigenvalue weighted by molar-refractivity contribution is -0.264. The molecule has 0 saturated heterocycles. The smallest absolute Gasteiger partial charge is 0.439 e. The van der Waals surface area contributed by atoms with Crippen molar-refractivity contribution in [3.8, 4) is 0 Å². The van der Waals surface area contributed by atoms with E-state index in [4.69, 9.17) is 21.2 Å². The van der Waals surface area contributed by atoms with Gasteiger partial charge in [-0.05, 0) is 37.5 Å². The molecule has 8 nitrogen and oxygen atoms in total. The van der Waals surface area contributed by atoms with E-state index in [1.165, 1.54) is 7.11 Å². The maximum Gasteiger partial charge on any atom is 0.439 e. The van der Waals surface area contributed by atoms with Crippen molar-refractivity contribution in [1.29, 1.82) is 0 Å². The van der Waals surface area contributed by atoms with Crippen LogP contribution in [0.15, 0.2) is 24.3 Å². The van der Waals surface area contributed by atoms with E-state index in [0.29, 0.717) is 10.6 Å². The van der Waals surface area contributed by atoms with Crippen LogP contribution >= 0.6 is 11.6 Å². The van der Waals surface area contributed by atoms with E-state index < -0.39 is 30.1 Å². The van der Waals surface area contributed by atoms with Crippen LogP contribution in [0, 0.1) is 5.92 Å². The molecule has 1 unspecified atom stereocenters. The fourth-order valence-corrected chi connectivity index (χ4v) is 2.41. The molecule has 0 fully saturated rings. The zero-order chi connectivity index (χ0) is 21.3. The van der Waals surface area contributed by atoms with Crippen LogP contribution in [-0.4, -0.2) is 37.2 Å². The topological polar surface area (TPSA) is 103 Å². The normalized spacial score (nSPS) is 13.0. The van der Waals surface area contributed by atoms with Crippen molar-refractivity contribution in [2.75, 3.05) is 7.11 Å². The minimum atomic E-state index is -0.893. The van der Waals surface area contributed by atoms with Gasteiger partial charge >= 0.3 is 12.1 Å². The van der Waals surface area contributed by atoms with Crippen molar-refractivity contribution in [3.63, 3.8) is 0 Å². The molecule has 1 rings (SSSR count). The van der Waals surface area contributed by atoms with Gasteiger partial charge in [0.05, 0.1) is 25.7 Å². The van der Waals surface area contributed by atoms with Crippen LogP contribution in [-0.2, 0) is 24.1 Å². The summed E-state index contributed by atoms with van der Waals surface area (Å²) < 4.78 is 4.71. The maximum atomic E-state index is 12.8. The van der Waals surface area contributed by atoms with E-state index in [-0.39, 0.29) is 18.4 Å². The summed E-state index contributed by atoms with van der Waals surface area (Å²) in [4.78, 5) is 45.8. The molecule has 0 bridgehead atoms. The SMILES string of the molecule is COC(=O)CC(NC(=O)[C@@H](NC(=O)OOC(C)C)C(C)C)c1ccc(Cl)cc1. The third-order valence-electron chi connectivity index (χ3n) is 3.73. The van der Waals surface area contributed by atoms with Gasteiger partial charge in [-0.1, -0.05) is 37.6 Å². The van der Waals surface area contributed by atoms with Crippen molar-refractivity contribution < 1.29 is 28.9 Å². The highest BCUT2D eigenvalue weighted by atomic mass is 35.5. The van der Waals surface area contributed by atoms with Crippen molar-refractivity contribution >= 4 is 29.6 Å². The maximum absolute atomic E-state index is 12.8. The van der Waals surface area contributed by atoms with Crippen molar-refractivity contribution in [2.24, 2.45) is 5.92 Å². The first-order valence-electron chi connectivity index (χ1n) is 8.90. The lowest BCUT2D eigenvalue weighted by Gasteiger charge is -2.25. The van der Waals surface area contributed by atoms with E-state index in [9.17, 15) is 14.4 Å². The highest BCUT2D eigenvalue weighted by Gasteiger charge is 2.28. The zero-order valence-corrected chi connectivity index (χ0v) is 17.4. The van der Waals surface area contributed by atoms with Crippen LogP contribution in [0.1, 0.15) is 45.7 Å². The first kappa shape index (κ1) is 23.7. The molecule has 0 aliphatic carbocycles. The summed E-state index contributed by atoms with van der Waals surface area (Å²) in [5.41, 5.74) is 0.677. The lowest BCUT2D eigenvalue weighted by atomic mass is 10.00. The molecule has 0 saturated carbocycles. The molecule has 1 aromatic carbocycles. The molecule has 0 aliphatic rings. The number of esters is 1. The summed E-state index contributed by atoms with van der Waals surface area (Å²) in [5.74, 6) is -1.20. The molecule has 2 atom stereocenters. The molecule has 1 aromatic rings. The molecule has 0 heterocycles. The average Bonchev–Trinajstić information content (AvgIpc) is 2.63. The Balaban J connectivity index is 2.90. The largest absolute Gasteiger partial charge is 0.469 e. The van der Waals surface area contributed by atoms with Gasteiger partial charge < -0.3 is 15.4 Å². The van der Waals surface area contributed by atoms with Crippen molar-refractivity contribution in [3.05, 3.63) is 34.9 Å². The summed E-state index contributed by atoms with van der Waals surface area (Å²) in [5, 5.41) is 5.77. The van der Waals surface area contributed by atoms with E-state index in [0.717, 1.165) is 0 Å².